The minimum atomic E-state index is -0.250. The van der Waals surface area contributed by atoms with E-state index in [0.717, 1.165) is 31.6 Å². The molecule has 180 valence electrons. The predicted molar refractivity (Wildman–Crippen MR) is 129 cm³/mol. The van der Waals surface area contributed by atoms with Crippen molar-refractivity contribution >= 4 is 12.4 Å². The van der Waals surface area contributed by atoms with Crippen molar-refractivity contribution in [1.82, 2.24) is 5.32 Å². The van der Waals surface area contributed by atoms with Crippen LogP contribution in [0.5, 0.6) is 0 Å². The fourth-order valence-electron chi connectivity index (χ4n) is 3.49. The third kappa shape index (κ3) is 16.4. The molecular formula is C25H51NO4. The van der Waals surface area contributed by atoms with Gasteiger partial charge in [-0.1, -0.05) is 74.8 Å². The zero-order valence-corrected chi connectivity index (χ0v) is 21.1. The molecule has 0 heterocycles. The first-order chi connectivity index (χ1) is 14.3. The van der Waals surface area contributed by atoms with Crippen molar-refractivity contribution in [3.63, 3.8) is 0 Å². The summed E-state index contributed by atoms with van der Waals surface area (Å²) in [6.45, 7) is 22.5. The van der Waals surface area contributed by atoms with Crippen LogP contribution in [0.15, 0.2) is 12.7 Å². The third-order valence-electron chi connectivity index (χ3n) is 6.02. The van der Waals surface area contributed by atoms with Gasteiger partial charge in [0.25, 0.3) is 6.47 Å². The van der Waals surface area contributed by atoms with Crippen molar-refractivity contribution in [2.24, 2.45) is 17.3 Å². The predicted octanol–water partition coefficient (Wildman–Crippen LogP) is 6.47. The minimum absolute atomic E-state index is 0.109. The molecule has 5 heteroatoms. The summed E-state index contributed by atoms with van der Waals surface area (Å²) in [6, 6.07) is 0. The molecule has 0 rings (SSSR count). The molecule has 0 spiro atoms. The fraction of sp³-hybridized carbons (Fsp3) is 0.840. The number of amides is 1. The number of carbonyl (C=O) groups is 2. The Morgan fingerprint density at radius 1 is 1.13 bits per heavy atom. The second kappa shape index (κ2) is 22.3. The molecular weight excluding hydrogens is 378 g/mol. The molecule has 2 N–H and O–H groups in total. The topological polar surface area (TPSA) is 75.6 Å². The van der Waals surface area contributed by atoms with Crippen LogP contribution in [0, 0.1) is 17.3 Å². The Morgan fingerprint density at radius 3 is 2.03 bits per heavy atom. The maximum absolute atomic E-state index is 11.2. The first kappa shape index (κ1) is 33.3. The molecule has 0 saturated heterocycles. The van der Waals surface area contributed by atoms with Crippen LogP contribution in [-0.4, -0.2) is 36.7 Å². The second-order valence-corrected chi connectivity index (χ2v) is 7.93. The van der Waals surface area contributed by atoms with Crippen LogP contribution in [0.2, 0.25) is 0 Å². The van der Waals surface area contributed by atoms with Crippen LogP contribution in [0.4, 0.5) is 0 Å². The van der Waals surface area contributed by atoms with Gasteiger partial charge in [0.15, 0.2) is 0 Å². The lowest BCUT2D eigenvalue weighted by molar-refractivity contribution is -0.123. The number of nitrogens with one attached hydrogen (secondary N) is 1. The molecule has 0 aromatic rings. The zero-order chi connectivity index (χ0) is 24.0. The summed E-state index contributed by atoms with van der Waals surface area (Å²) >= 11 is 0. The van der Waals surface area contributed by atoms with Crippen molar-refractivity contribution in [2.75, 3.05) is 13.2 Å². The van der Waals surface area contributed by atoms with Gasteiger partial charge < -0.3 is 15.2 Å². The Hall–Kier alpha value is -1.36. The smallest absolute Gasteiger partial charge is 0.290 e. The fourth-order valence-corrected chi connectivity index (χ4v) is 3.49. The van der Waals surface area contributed by atoms with E-state index >= 15 is 0 Å². The molecule has 0 aliphatic carbocycles. The van der Waals surface area contributed by atoms with Crippen LogP contribution in [0.1, 0.15) is 100 Å². The highest BCUT2D eigenvalue weighted by Crippen LogP contribution is 2.37. The van der Waals surface area contributed by atoms with Crippen molar-refractivity contribution in [1.29, 1.82) is 0 Å². The third-order valence-corrected chi connectivity index (χ3v) is 6.02. The van der Waals surface area contributed by atoms with Crippen molar-refractivity contribution in [3.05, 3.63) is 12.7 Å². The average Bonchev–Trinajstić information content (AvgIpc) is 2.77. The summed E-state index contributed by atoms with van der Waals surface area (Å²) in [7, 11) is 0. The van der Waals surface area contributed by atoms with Gasteiger partial charge >= 0.3 is 0 Å². The van der Waals surface area contributed by atoms with E-state index in [4.69, 9.17) is 14.6 Å². The molecule has 30 heavy (non-hydrogen) atoms. The standard InChI is InChI=1S/C22H43NO2.C2H6.CH2O2/c1-8-19(9-2)16-18(6)17-20(22(7,11-4)12-5)25-15-13-14-23-21(24)10-3;1-2;2-1-3/h10,18-20H,3,8-9,11-17H2,1-2,4-7H3,(H,23,24);1-2H3;1H,(H,2,3). The summed E-state index contributed by atoms with van der Waals surface area (Å²) < 4.78 is 6.35. The molecule has 2 unspecified atom stereocenters. The first-order valence-corrected chi connectivity index (χ1v) is 11.9. The quantitative estimate of drug-likeness (QED) is 0.178. The normalized spacial score (nSPS) is 12.6. The maximum atomic E-state index is 11.2. The minimum Gasteiger partial charge on any atom is -0.483 e. The molecule has 0 fully saturated rings. The van der Waals surface area contributed by atoms with E-state index in [0.29, 0.717) is 25.2 Å². The molecule has 5 nitrogen and oxygen atoms in total. The summed E-state index contributed by atoms with van der Waals surface area (Å²) in [6.07, 6.45) is 9.71. The van der Waals surface area contributed by atoms with E-state index in [1.165, 1.54) is 25.3 Å². The zero-order valence-electron chi connectivity index (χ0n) is 21.1. The van der Waals surface area contributed by atoms with E-state index in [1.807, 2.05) is 13.8 Å². The Morgan fingerprint density at radius 2 is 1.63 bits per heavy atom. The van der Waals surface area contributed by atoms with Gasteiger partial charge in [-0.05, 0) is 55.4 Å². The number of hydrogen-bond acceptors (Lipinski definition) is 3. The lowest BCUT2D eigenvalue weighted by atomic mass is 9.74. The van der Waals surface area contributed by atoms with Gasteiger partial charge in [-0.15, -0.1) is 0 Å². The lowest BCUT2D eigenvalue weighted by Gasteiger charge is -2.38. The number of hydrogen-bond donors (Lipinski definition) is 2. The highest BCUT2D eigenvalue weighted by atomic mass is 16.5. The molecule has 0 aliphatic rings. The van der Waals surface area contributed by atoms with E-state index in [1.54, 1.807) is 0 Å². The Labute approximate surface area is 187 Å². The van der Waals surface area contributed by atoms with Gasteiger partial charge in [0.2, 0.25) is 5.91 Å². The van der Waals surface area contributed by atoms with Crippen LogP contribution in [0.25, 0.3) is 0 Å². The summed E-state index contributed by atoms with van der Waals surface area (Å²) in [5, 5.41) is 9.71. The summed E-state index contributed by atoms with van der Waals surface area (Å²) in [5.41, 5.74) is 0.229. The van der Waals surface area contributed by atoms with Crippen molar-refractivity contribution in [3.8, 4) is 0 Å². The van der Waals surface area contributed by atoms with Crippen LogP contribution < -0.4 is 5.32 Å². The molecule has 0 aromatic heterocycles. The van der Waals surface area contributed by atoms with Gasteiger partial charge in [-0.2, -0.15) is 0 Å². The van der Waals surface area contributed by atoms with Gasteiger partial charge in [0, 0.05) is 13.2 Å². The highest BCUT2D eigenvalue weighted by molar-refractivity contribution is 5.86. The van der Waals surface area contributed by atoms with Gasteiger partial charge in [0.05, 0.1) is 6.10 Å². The van der Waals surface area contributed by atoms with Gasteiger partial charge in [-0.3, -0.25) is 9.59 Å². The van der Waals surface area contributed by atoms with Crippen molar-refractivity contribution < 1.29 is 19.4 Å². The number of carbonyl (C=O) groups excluding carboxylic acids is 1. The van der Waals surface area contributed by atoms with Crippen LogP contribution in [0.3, 0.4) is 0 Å². The second-order valence-electron chi connectivity index (χ2n) is 7.93. The average molecular weight is 430 g/mol. The van der Waals surface area contributed by atoms with Crippen molar-refractivity contribution in [2.45, 2.75) is 106 Å². The van der Waals surface area contributed by atoms with Gasteiger partial charge in [-0.25, -0.2) is 0 Å². The molecule has 2 atom stereocenters. The van der Waals surface area contributed by atoms with E-state index in [2.05, 4.69) is 53.4 Å². The molecule has 0 bridgehead atoms. The SMILES string of the molecule is C=CC(=O)NCCCOC(CC(C)CC(CC)CC)C(C)(CC)CC.CC.O=CO. The maximum Gasteiger partial charge on any atom is 0.290 e. The lowest BCUT2D eigenvalue weighted by Crippen LogP contribution is -2.36. The van der Waals surface area contributed by atoms with Gasteiger partial charge in [0.1, 0.15) is 0 Å². The molecule has 0 saturated carbocycles. The molecule has 1 amide bonds. The summed E-state index contributed by atoms with van der Waals surface area (Å²) in [5.74, 6) is 1.41. The summed E-state index contributed by atoms with van der Waals surface area (Å²) in [4.78, 5) is 19.6. The molecule has 0 aliphatic heterocycles. The Bertz CT molecular complexity index is 404. The van der Waals surface area contributed by atoms with E-state index in [-0.39, 0.29) is 17.8 Å². The van der Waals surface area contributed by atoms with Crippen LogP contribution in [-0.2, 0) is 14.3 Å². The number of ether oxygens (including phenoxy) is 1. The number of carboxylic acid groups (broad SMARTS) is 1. The Balaban J connectivity index is -0.00000133. The van der Waals surface area contributed by atoms with E-state index < -0.39 is 0 Å². The largest absolute Gasteiger partial charge is 0.483 e. The molecule has 0 radical (unpaired) electrons. The number of rotatable bonds is 15. The van der Waals surface area contributed by atoms with Crippen LogP contribution >= 0.6 is 0 Å². The first-order valence-electron chi connectivity index (χ1n) is 11.9. The molecule has 0 aromatic carbocycles. The monoisotopic (exact) mass is 429 g/mol. The highest BCUT2D eigenvalue weighted by Gasteiger charge is 2.33. The van der Waals surface area contributed by atoms with E-state index in [9.17, 15) is 4.79 Å². The Kier molecular flexibility index (Phi) is 24.8.